The lowest BCUT2D eigenvalue weighted by Crippen LogP contribution is -2.54. The molecule has 2 heterocycles. The second-order valence-corrected chi connectivity index (χ2v) is 5.68. The maximum Gasteiger partial charge on any atom is 0.359 e. The molecule has 9 heteroatoms. The van der Waals surface area contributed by atoms with Gasteiger partial charge < -0.3 is 0 Å². The summed E-state index contributed by atoms with van der Waals surface area (Å²) >= 11 is 0. The highest BCUT2D eigenvalue weighted by Crippen LogP contribution is 2.34. The third-order valence-corrected chi connectivity index (χ3v) is 4.12. The fourth-order valence-corrected chi connectivity index (χ4v) is 2.82. The zero-order valence-corrected chi connectivity index (χ0v) is 14.8. The normalized spacial score (nSPS) is 12.6. The Kier molecular flexibility index (Phi) is 4.45. The molecule has 1 aliphatic heterocycles. The summed E-state index contributed by atoms with van der Waals surface area (Å²) in [5.74, 6) is -1.30. The van der Waals surface area contributed by atoms with E-state index in [4.69, 9.17) is 0 Å². The molecule has 26 heavy (non-hydrogen) atoms. The maximum atomic E-state index is 12.8. The van der Waals surface area contributed by atoms with Gasteiger partial charge >= 0.3 is 5.69 Å². The predicted molar refractivity (Wildman–Crippen MR) is 94.3 cm³/mol. The van der Waals surface area contributed by atoms with Crippen LogP contribution in [0.1, 0.15) is 44.8 Å². The molecule has 0 saturated carbocycles. The summed E-state index contributed by atoms with van der Waals surface area (Å²) in [7, 11) is 0. The molecule has 0 bridgehead atoms. The Hall–Kier alpha value is -3.23. The van der Waals surface area contributed by atoms with Crippen molar-refractivity contribution in [1.82, 2.24) is 14.3 Å². The van der Waals surface area contributed by atoms with Gasteiger partial charge in [-0.3, -0.25) is 14.4 Å². The van der Waals surface area contributed by atoms with Crippen molar-refractivity contribution in [2.24, 2.45) is 0 Å². The summed E-state index contributed by atoms with van der Waals surface area (Å²) in [5.41, 5.74) is 0.112. The quantitative estimate of drug-likeness (QED) is 0.829. The van der Waals surface area contributed by atoms with Crippen LogP contribution in [0.15, 0.2) is 29.1 Å². The SMILES string of the molecule is CCC(=O)N1c2ccccc2-n2c(nn(C(=O)CC)c2=O)N1C(=O)CC. The van der Waals surface area contributed by atoms with Crippen LogP contribution in [0.5, 0.6) is 0 Å². The van der Waals surface area contributed by atoms with Crippen LogP contribution in [0.4, 0.5) is 11.6 Å². The van der Waals surface area contributed by atoms with Crippen LogP contribution in [0.2, 0.25) is 0 Å². The van der Waals surface area contributed by atoms with E-state index >= 15 is 0 Å². The molecule has 9 nitrogen and oxygen atoms in total. The summed E-state index contributed by atoms with van der Waals surface area (Å²) in [6.07, 6.45) is 0.330. The lowest BCUT2D eigenvalue weighted by Gasteiger charge is -2.37. The van der Waals surface area contributed by atoms with Crippen molar-refractivity contribution in [3.8, 4) is 5.69 Å². The van der Waals surface area contributed by atoms with Crippen molar-refractivity contribution in [3.63, 3.8) is 0 Å². The number of hydrogen-bond donors (Lipinski definition) is 0. The summed E-state index contributed by atoms with van der Waals surface area (Å²) in [4.78, 5) is 50.1. The molecule has 0 atom stereocenters. The first-order valence-corrected chi connectivity index (χ1v) is 8.46. The number of hydrogen-bond acceptors (Lipinski definition) is 5. The number of fused-ring (bicyclic) bond motifs is 3. The van der Waals surface area contributed by atoms with E-state index in [1.165, 1.54) is 9.58 Å². The van der Waals surface area contributed by atoms with Crippen molar-refractivity contribution < 1.29 is 14.4 Å². The van der Waals surface area contributed by atoms with Gasteiger partial charge in [-0.1, -0.05) is 32.9 Å². The van der Waals surface area contributed by atoms with Crippen LogP contribution in [0, 0.1) is 0 Å². The number of nitrogens with zero attached hydrogens (tertiary/aromatic N) is 5. The number of anilines is 2. The van der Waals surface area contributed by atoms with Crippen LogP contribution >= 0.6 is 0 Å². The topological polar surface area (TPSA) is 97.5 Å². The zero-order valence-electron chi connectivity index (χ0n) is 14.8. The van der Waals surface area contributed by atoms with Crippen molar-refractivity contribution in [2.45, 2.75) is 40.0 Å². The van der Waals surface area contributed by atoms with E-state index in [2.05, 4.69) is 5.10 Å². The van der Waals surface area contributed by atoms with Gasteiger partial charge in [0.1, 0.15) is 0 Å². The molecule has 136 valence electrons. The van der Waals surface area contributed by atoms with Crippen LogP contribution in [0.3, 0.4) is 0 Å². The Bertz CT molecular complexity index is 958. The van der Waals surface area contributed by atoms with Gasteiger partial charge in [0.15, 0.2) is 0 Å². The first kappa shape index (κ1) is 17.6. The van der Waals surface area contributed by atoms with Gasteiger partial charge in [0, 0.05) is 19.3 Å². The van der Waals surface area contributed by atoms with Crippen LogP contribution in [-0.2, 0) is 9.59 Å². The number of carbonyl (C=O) groups excluding carboxylic acids is 3. The minimum Gasteiger partial charge on any atom is -0.273 e. The molecule has 0 fully saturated rings. The fourth-order valence-electron chi connectivity index (χ4n) is 2.82. The van der Waals surface area contributed by atoms with E-state index in [-0.39, 0.29) is 31.1 Å². The lowest BCUT2D eigenvalue weighted by atomic mass is 10.2. The zero-order chi connectivity index (χ0) is 19.0. The van der Waals surface area contributed by atoms with Crippen LogP contribution < -0.4 is 15.7 Å². The third kappa shape index (κ3) is 2.43. The fraction of sp³-hybridized carbons (Fsp3) is 0.353. The molecule has 0 spiro atoms. The van der Waals surface area contributed by atoms with Gasteiger partial charge in [0.05, 0.1) is 11.4 Å². The molecular weight excluding hydrogens is 338 g/mol. The summed E-state index contributed by atoms with van der Waals surface area (Å²) < 4.78 is 1.93. The van der Waals surface area contributed by atoms with Gasteiger partial charge in [-0.25, -0.2) is 14.4 Å². The van der Waals surface area contributed by atoms with Gasteiger partial charge in [-0.15, -0.1) is 9.78 Å². The highest BCUT2D eigenvalue weighted by Gasteiger charge is 2.39. The molecule has 0 aliphatic carbocycles. The predicted octanol–water partition coefficient (Wildman–Crippen LogP) is 1.50. The number of para-hydroxylation sites is 2. The summed E-state index contributed by atoms with van der Waals surface area (Å²) in [6.45, 7) is 4.94. The molecule has 1 aromatic heterocycles. The molecule has 2 amide bonds. The maximum absolute atomic E-state index is 12.8. The lowest BCUT2D eigenvalue weighted by molar-refractivity contribution is -0.123. The van der Waals surface area contributed by atoms with E-state index in [1.807, 2.05) is 0 Å². The Labute approximate surface area is 149 Å². The van der Waals surface area contributed by atoms with Gasteiger partial charge in [-0.05, 0) is 12.1 Å². The minimum atomic E-state index is -0.670. The van der Waals surface area contributed by atoms with Crippen LogP contribution in [0.25, 0.3) is 5.69 Å². The average Bonchev–Trinajstić information content (AvgIpc) is 3.02. The largest absolute Gasteiger partial charge is 0.359 e. The van der Waals surface area contributed by atoms with E-state index in [1.54, 1.807) is 45.0 Å². The summed E-state index contributed by atoms with van der Waals surface area (Å²) in [5, 5.41) is 6.37. The number of hydrazine groups is 1. The van der Waals surface area contributed by atoms with Crippen LogP contribution in [-0.4, -0.2) is 32.1 Å². The molecule has 2 aromatic rings. The summed E-state index contributed by atoms with van der Waals surface area (Å²) in [6, 6.07) is 6.71. The molecule has 0 N–H and O–H groups in total. The molecule has 0 saturated heterocycles. The molecule has 1 aromatic carbocycles. The Balaban J connectivity index is 2.37. The number of rotatable bonds is 3. The van der Waals surface area contributed by atoms with Crippen molar-refractivity contribution >= 4 is 29.4 Å². The van der Waals surface area contributed by atoms with E-state index in [0.29, 0.717) is 11.4 Å². The number of carbonyl (C=O) groups is 3. The van der Waals surface area contributed by atoms with Crippen molar-refractivity contribution in [1.29, 1.82) is 0 Å². The molecule has 3 rings (SSSR count). The van der Waals surface area contributed by atoms with E-state index < -0.39 is 17.5 Å². The second-order valence-electron chi connectivity index (χ2n) is 5.68. The Morgan fingerprint density at radius 1 is 0.846 bits per heavy atom. The Morgan fingerprint density at radius 3 is 1.96 bits per heavy atom. The Morgan fingerprint density at radius 2 is 1.38 bits per heavy atom. The van der Waals surface area contributed by atoms with Gasteiger partial charge in [0.25, 0.3) is 11.9 Å². The number of benzene rings is 1. The second kappa shape index (κ2) is 6.58. The highest BCUT2D eigenvalue weighted by atomic mass is 16.2. The number of amides is 2. The third-order valence-electron chi connectivity index (χ3n) is 4.12. The minimum absolute atomic E-state index is 0.0656. The molecule has 0 unspecified atom stereocenters. The first-order valence-electron chi connectivity index (χ1n) is 8.46. The molecular formula is C17H19N5O4. The van der Waals surface area contributed by atoms with E-state index in [9.17, 15) is 19.2 Å². The standard InChI is InChI=1S/C17H19N5O4/c1-4-13(23)20-17(26)19-11-9-7-8-10-12(11)21(14(24)5-2)22(15(25)6-3)16(19)18-20/h7-10H,4-6H2,1-3H3. The van der Waals surface area contributed by atoms with Crippen molar-refractivity contribution in [3.05, 3.63) is 34.7 Å². The number of aromatic nitrogens is 3. The first-order chi connectivity index (χ1) is 12.5. The molecule has 1 aliphatic rings. The van der Waals surface area contributed by atoms with Gasteiger partial charge in [-0.2, -0.15) is 5.01 Å². The smallest absolute Gasteiger partial charge is 0.273 e. The van der Waals surface area contributed by atoms with Crippen molar-refractivity contribution in [2.75, 3.05) is 10.0 Å². The average molecular weight is 357 g/mol. The van der Waals surface area contributed by atoms with E-state index in [0.717, 1.165) is 9.69 Å². The molecule has 0 radical (unpaired) electrons. The monoisotopic (exact) mass is 357 g/mol. The van der Waals surface area contributed by atoms with Gasteiger partial charge in [0.2, 0.25) is 11.8 Å². The highest BCUT2D eigenvalue weighted by molar-refractivity contribution is 6.08.